The van der Waals surface area contributed by atoms with Crippen LogP contribution in [0.15, 0.2) is 48.7 Å². The molecule has 9 heteroatoms. The van der Waals surface area contributed by atoms with Gasteiger partial charge in [0.05, 0.1) is 31.0 Å². The maximum Gasteiger partial charge on any atom is 0.231 e. The second-order valence-electron chi connectivity index (χ2n) is 9.47. The van der Waals surface area contributed by atoms with Gasteiger partial charge in [-0.05, 0) is 62.0 Å². The van der Waals surface area contributed by atoms with Crippen LogP contribution in [0, 0.1) is 13.8 Å². The van der Waals surface area contributed by atoms with Gasteiger partial charge < -0.3 is 29.0 Å². The Morgan fingerprint density at radius 1 is 1.03 bits per heavy atom. The predicted octanol–water partition coefficient (Wildman–Crippen LogP) is 3.52. The number of thiocarbonyl (C=S) groups is 1. The maximum absolute atomic E-state index is 5.90. The van der Waals surface area contributed by atoms with E-state index in [4.69, 9.17) is 31.4 Å². The number of fused-ring (bicyclic) bond motifs is 1. The van der Waals surface area contributed by atoms with Crippen LogP contribution < -0.4 is 14.8 Å². The highest BCUT2D eigenvalue weighted by Crippen LogP contribution is 2.42. The molecule has 36 heavy (non-hydrogen) atoms. The second-order valence-corrected chi connectivity index (χ2v) is 9.86. The van der Waals surface area contributed by atoms with E-state index in [-0.39, 0.29) is 18.9 Å². The van der Waals surface area contributed by atoms with E-state index in [2.05, 4.69) is 57.8 Å². The monoisotopic (exact) mass is 505 g/mol. The van der Waals surface area contributed by atoms with E-state index < -0.39 is 0 Å². The zero-order valence-electron chi connectivity index (χ0n) is 20.6. The Labute approximate surface area is 216 Å². The summed E-state index contributed by atoms with van der Waals surface area (Å²) >= 11 is 5.90. The van der Waals surface area contributed by atoms with Gasteiger partial charge in [0, 0.05) is 55.5 Å². The van der Waals surface area contributed by atoms with Crippen molar-refractivity contribution in [3.8, 4) is 17.2 Å². The van der Waals surface area contributed by atoms with E-state index >= 15 is 0 Å². The van der Waals surface area contributed by atoms with E-state index in [9.17, 15) is 0 Å². The van der Waals surface area contributed by atoms with Crippen molar-refractivity contribution in [1.82, 2.24) is 24.7 Å². The molecule has 0 amide bonds. The van der Waals surface area contributed by atoms with Crippen molar-refractivity contribution < 1.29 is 14.2 Å². The number of ether oxygens (including phenoxy) is 3. The van der Waals surface area contributed by atoms with Crippen LogP contribution in [0.1, 0.15) is 34.7 Å². The van der Waals surface area contributed by atoms with Gasteiger partial charge in [0.2, 0.25) is 6.79 Å². The van der Waals surface area contributed by atoms with Crippen LogP contribution in [0.25, 0.3) is 5.69 Å². The number of aromatic nitrogens is 2. The summed E-state index contributed by atoms with van der Waals surface area (Å²) in [5.74, 6) is 1.57. The Balaban J connectivity index is 1.37. The molecule has 2 aromatic heterocycles. The maximum atomic E-state index is 5.90. The quantitative estimate of drug-likeness (QED) is 0.511. The molecule has 0 aliphatic carbocycles. The van der Waals surface area contributed by atoms with Crippen LogP contribution in [0.2, 0.25) is 0 Å². The number of hydrogen-bond acceptors (Lipinski definition) is 6. The average molecular weight is 506 g/mol. The molecular formula is C27H31N5O3S. The van der Waals surface area contributed by atoms with Crippen LogP contribution in [0.3, 0.4) is 0 Å². The second kappa shape index (κ2) is 9.72. The molecule has 0 saturated carbocycles. The van der Waals surface area contributed by atoms with Crippen LogP contribution >= 0.6 is 12.2 Å². The van der Waals surface area contributed by atoms with Gasteiger partial charge in [0.15, 0.2) is 16.6 Å². The molecule has 188 valence electrons. The van der Waals surface area contributed by atoms with Crippen molar-refractivity contribution in [2.24, 2.45) is 0 Å². The number of aryl methyl sites for hydroxylation is 1. The minimum Gasteiger partial charge on any atom is -0.454 e. The summed E-state index contributed by atoms with van der Waals surface area (Å²) in [6, 6.07) is 14.5. The number of nitrogens with zero attached hydrogens (tertiary/aromatic N) is 4. The lowest BCUT2D eigenvalue weighted by Crippen LogP contribution is -2.42. The van der Waals surface area contributed by atoms with Gasteiger partial charge in [-0.25, -0.2) is 0 Å². The third-order valence-electron chi connectivity index (χ3n) is 7.36. The van der Waals surface area contributed by atoms with Gasteiger partial charge in [-0.1, -0.05) is 6.07 Å². The first kappa shape index (κ1) is 23.3. The first-order valence-electron chi connectivity index (χ1n) is 12.5. The van der Waals surface area contributed by atoms with Crippen molar-refractivity contribution >= 4 is 17.3 Å². The smallest absolute Gasteiger partial charge is 0.231 e. The average Bonchev–Trinajstić information content (AvgIpc) is 3.58. The highest BCUT2D eigenvalue weighted by molar-refractivity contribution is 7.80. The summed E-state index contributed by atoms with van der Waals surface area (Å²) in [6.45, 7) is 9.88. The van der Waals surface area contributed by atoms with Crippen molar-refractivity contribution in [2.75, 3.05) is 46.2 Å². The highest BCUT2D eigenvalue weighted by Gasteiger charge is 2.41. The van der Waals surface area contributed by atoms with Gasteiger partial charge in [-0.2, -0.15) is 0 Å². The van der Waals surface area contributed by atoms with Crippen molar-refractivity contribution in [2.45, 2.75) is 25.9 Å². The van der Waals surface area contributed by atoms with Crippen LogP contribution in [-0.4, -0.2) is 70.6 Å². The number of morpholine rings is 1. The third-order valence-corrected chi connectivity index (χ3v) is 7.71. The van der Waals surface area contributed by atoms with Gasteiger partial charge >= 0.3 is 0 Å². The molecule has 3 aliphatic rings. The topological polar surface area (TPSA) is 64.0 Å². The molecule has 8 nitrogen and oxygen atoms in total. The molecule has 2 atom stereocenters. The molecule has 2 fully saturated rings. The molecule has 0 radical (unpaired) electrons. The largest absolute Gasteiger partial charge is 0.454 e. The molecule has 0 bridgehead atoms. The fourth-order valence-electron chi connectivity index (χ4n) is 5.57. The Bertz CT molecular complexity index is 1260. The molecule has 5 heterocycles. The lowest BCUT2D eigenvalue weighted by atomic mass is 9.96. The summed E-state index contributed by atoms with van der Waals surface area (Å²) in [4.78, 5) is 9.49. The van der Waals surface area contributed by atoms with E-state index in [1.165, 1.54) is 11.3 Å². The fourth-order valence-corrected chi connectivity index (χ4v) is 5.90. The molecule has 1 N–H and O–H groups in total. The van der Waals surface area contributed by atoms with Gasteiger partial charge in [-0.3, -0.25) is 9.88 Å². The summed E-state index contributed by atoms with van der Waals surface area (Å²) in [5.41, 5.74) is 5.64. The Morgan fingerprint density at radius 2 is 1.86 bits per heavy atom. The highest BCUT2D eigenvalue weighted by atomic mass is 32.1. The van der Waals surface area contributed by atoms with E-state index in [0.717, 1.165) is 73.1 Å². The Kier molecular flexibility index (Phi) is 6.29. The lowest BCUT2D eigenvalue weighted by molar-refractivity contribution is 0.0350. The number of hydrogen-bond donors (Lipinski definition) is 1. The van der Waals surface area contributed by atoms with Crippen LogP contribution in [0.5, 0.6) is 11.5 Å². The van der Waals surface area contributed by atoms with Crippen LogP contribution in [0.4, 0.5) is 0 Å². The minimum atomic E-state index is -0.0332. The van der Waals surface area contributed by atoms with Crippen molar-refractivity contribution in [3.05, 3.63) is 71.3 Å². The fraction of sp³-hybridized carbons (Fsp3) is 0.407. The summed E-state index contributed by atoms with van der Waals surface area (Å²) in [6.07, 6.45) is 1.85. The van der Waals surface area contributed by atoms with E-state index in [1.54, 1.807) is 0 Å². The van der Waals surface area contributed by atoms with E-state index in [1.807, 2.05) is 24.4 Å². The first-order chi connectivity index (χ1) is 17.6. The summed E-state index contributed by atoms with van der Waals surface area (Å²) < 4.78 is 19.0. The number of rotatable bonds is 6. The lowest BCUT2D eigenvalue weighted by Gasteiger charge is -2.32. The van der Waals surface area contributed by atoms with Crippen molar-refractivity contribution in [3.63, 3.8) is 0 Å². The number of nitrogens with one attached hydrogen (secondary N) is 1. The minimum absolute atomic E-state index is 0.0300. The SMILES string of the molecule is Cc1cc([C@@H]2[C@H](c3ccccn3)NC(=S)N2CCN2CCOCC2)c(C)n1-c1ccc2c(c1)OCO2. The van der Waals surface area contributed by atoms with Crippen molar-refractivity contribution in [1.29, 1.82) is 0 Å². The molecule has 1 aromatic carbocycles. The molecule has 0 spiro atoms. The normalized spacial score (nSPS) is 21.7. The van der Waals surface area contributed by atoms with Gasteiger partial charge in [0.1, 0.15) is 0 Å². The van der Waals surface area contributed by atoms with E-state index in [0.29, 0.717) is 0 Å². The first-order valence-corrected chi connectivity index (χ1v) is 12.9. The van der Waals surface area contributed by atoms with Gasteiger partial charge in [0.25, 0.3) is 0 Å². The molecule has 2 saturated heterocycles. The standard InChI is InChI=1S/C27H31N5O3S/c1-18-15-21(19(2)32(18)20-6-7-23-24(16-20)35-17-34-23)26-25(22-5-3-4-8-28-22)29-27(36)31(26)10-9-30-11-13-33-14-12-30/h3-8,15-16,25-26H,9-14,17H2,1-2H3,(H,29,36)/t25-,26+/m0/s1. The van der Waals surface area contributed by atoms with Gasteiger partial charge in [-0.15, -0.1) is 0 Å². The molecule has 0 unspecified atom stereocenters. The summed E-state index contributed by atoms with van der Waals surface area (Å²) in [5, 5.41) is 4.37. The Hall–Kier alpha value is -3.14. The number of benzene rings is 1. The summed E-state index contributed by atoms with van der Waals surface area (Å²) in [7, 11) is 0. The van der Waals surface area contributed by atoms with Crippen LogP contribution in [-0.2, 0) is 4.74 Å². The zero-order valence-corrected chi connectivity index (χ0v) is 21.5. The molecule has 3 aliphatic heterocycles. The molecular weight excluding hydrogens is 474 g/mol. The Morgan fingerprint density at radius 3 is 2.67 bits per heavy atom. The predicted molar refractivity (Wildman–Crippen MR) is 141 cm³/mol. The third kappa shape index (κ3) is 4.21. The zero-order chi connectivity index (χ0) is 24.6. The molecule has 3 aromatic rings. The molecule has 6 rings (SSSR count). The number of pyridine rings is 1.